The minimum Gasteiger partial charge on any atom is -0.493 e. The smallest absolute Gasteiger partial charge is 0.201 e. The van der Waals surface area contributed by atoms with Gasteiger partial charge in [-0.05, 0) is 23.2 Å². The second kappa shape index (κ2) is 8.66. The van der Waals surface area contributed by atoms with Crippen molar-refractivity contribution in [2.24, 2.45) is 10.2 Å². The summed E-state index contributed by atoms with van der Waals surface area (Å²) in [5.41, 5.74) is 23.4. The van der Waals surface area contributed by atoms with Gasteiger partial charge in [-0.3, -0.25) is 9.59 Å². The summed E-state index contributed by atoms with van der Waals surface area (Å²) >= 11 is 0. The summed E-state index contributed by atoms with van der Waals surface area (Å²) in [5.74, 6) is -0.507. The summed E-state index contributed by atoms with van der Waals surface area (Å²) < 4.78 is 11.1. The Bertz CT molecular complexity index is 1090. The normalized spacial score (nSPS) is 11.6. The summed E-state index contributed by atoms with van der Waals surface area (Å²) in [4.78, 5) is 31.6. The average molecular weight is 393 g/mol. The topological polar surface area (TPSA) is 176 Å². The van der Waals surface area contributed by atoms with E-state index in [-0.39, 0.29) is 71.5 Å². The number of rotatable bonds is 8. The van der Waals surface area contributed by atoms with Crippen molar-refractivity contribution in [2.75, 3.05) is 32.0 Å². The van der Waals surface area contributed by atoms with Gasteiger partial charge in [0.05, 0.1) is 37.4 Å². The van der Waals surface area contributed by atoms with Crippen LogP contribution in [0.25, 0.3) is 20.9 Å². The van der Waals surface area contributed by atoms with Crippen molar-refractivity contribution in [1.29, 1.82) is 0 Å². The van der Waals surface area contributed by atoms with E-state index >= 15 is 0 Å². The van der Waals surface area contributed by atoms with Crippen LogP contribution in [0.5, 0.6) is 11.5 Å². The Hall–Kier alpha value is -4.20. The lowest BCUT2D eigenvalue weighted by Gasteiger charge is -2.22. The van der Waals surface area contributed by atoms with Crippen LogP contribution in [0.2, 0.25) is 0 Å². The van der Waals surface area contributed by atoms with Crippen LogP contribution in [0.3, 0.4) is 0 Å². The Morgan fingerprint density at radius 3 is 2.14 bits per heavy atom. The quantitative estimate of drug-likeness (QED) is 0.202. The molecule has 11 nitrogen and oxygen atoms in total. The molecule has 0 spiro atoms. The number of ether oxygens (including phenoxy) is 2. The van der Waals surface area contributed by atoms with E-state index in [2.05, 4.69) is 20.1 Å². The number of ketones is 2. The van der Waals surface area contributed by atoms with Crippen molar-refractivity contribution in [3.63, 3.8) is 0 Å². The molecule has 0 fully saturated rings. The molecule has 3 rings (SSSR count). The molecule has 0 amide bonds. The number of benzene rings is 2. The monoisotopic (exact) mass is 393 g/mol. The van der Waals surface area contributed by atoms with E-state index in [4.69, 9.17) is 26.3 Å². The third-order valence-electron chi connectivity index (χ3n) is 4.12. The predicted octanol–water partition coefficient (Wildman–Crippen LogP) is 3.42. The van der Waals surface area contributed by atoms with Crippen molar-refractivity contribution in [2.45, 2.75) is 0 Å². The van der Waals surface area contributed by atoms with Crippen LogP contribution in [-0.4, -0.2) is 37.9 Å². The lowest BCUT2D eigenvalue weighted by atomic mass is 9.83. The molecule has 0 aliphatic heterocycles. The molecule has 0 atom stereocenters. The van der Waals surface area contributed by atoms with Crippen LogP contribution >= 0.6 is 0 Å². The molecule has 0 saturated heterocycles. The molecule has 2 N–H and O–H groups in total. The molecule has 0 bridgehead atoms. The third kappa shape index (κ3) is 3.91. The van der Waals surface area contributed by atoms with Gasteiger partial charge >= 0.3 is 0 Å². The first kappa shape index (κ1) is 19.6. The first-order valence-electron chi connectivity index (χ1n) is 8.51. The number of carbonyl (C=O) groups is 2. The number of nitrogens with zero attached hydrogens (tertiary/aromatic N) is 6. The number of fused-ring (bicyclic) bond motifs is 2. The van der Waals surface area contributed by atoms with Gasteiger partial charge in [0.1, 0.15) is 11.5 Å². The highest BCUT2D eigenvalue weighted by molar-refractivity contribution is 6.30. The Kier molecular flexibility index (Phi) is 5.84. The van der Waals surface area contributed by atoms with Gasteiger partial charge in [-0.2, -0.15) is 0 Å². The second-order valence-corrected chi connectivity index (χ2v) is 5.88. The molecular formula is C18H15N7O4. The van der Waals surface area contributed by atoms with Crippen LogP contribution in [-0.2, 0) is 0 Å². The van der Waals surface area contributed by atoms with Gasteiger partial charge in [0.2, 0.25) is 5.78 Å². The molecule has 2 aromatic carbocycles. The van der Waals surface area contributed by atoms with E-state index in [0.29, 0.717) is 0 Å². The minimum absolute atomic E-state index is 0.0125. The van der Waals surface area contributed by atoms with E-state index in [1.54, 1.807) is 12.1 Å². The van der Waals surface area contributed by atoms with Crippen LogP contribution in [0.4, 0.5) is 5.69 Å². The number of nitrogen functional groups attached to an aromatic ring is 1. The highest BCUT2D eigenvalue weighted by Crippen LogP contribution is 2.38. The Morgan fingerprint density at radius 2 is 1.48 bits per heavy atom. The van der Waals surface area contributed by atoms with Gasteiger partial charge in [0.25, 0.3) is 0 Å². The second-order valence-electron chi connectivity index (χ2n) is 5.88. The van der Waals surface area contributed by atoms with Gasteiger partial charge < -0.3 is 15.2 Å². The molecule has 0 heterocycles. The first-order chi connectivity index (χ1) is 14.1. The maximum atomic E-state index is 13.3. The number of hydrogen-bond donors (Lipinski definition) is 1. The molecule has 1 aliphatic rings. The van der Waals surface area contributed by atoms with Crippen molar-refractivity contribution in [3.8, 4) is 11.5 Å². The standard InChI is InChI=1S/C18H15N7O4/c19-10-8-12-16(14(9-10)29-7-5-23-25-21)18(27)15-11(17(12)26)2-1-3-13(15)28-6-4-22-24-20/h1-3,8-9H,4-7,19H2. The predicted molar refractivity (Wildman–Crippen MR) is 103 cm³/mol. The van der Waals surface area contributed by atoms with Gasteiger partial charge in [0.15, 0.2) is 5.78 Å². The summed E-state index contributed by atoms with van der Waals surface area (Å²) in [5, 5.41) is 6.75. The zero-order valence-electron chi connectivity index (χ0n) is 15.1. The highest BCUT2D eigenvalue weighted by Gasteiger charge is 2.35. The van der Waals surface area contributed by atoms with Gasteiger partial charge in [0, 0.05) is 32.7 Å². The average Bonchev–Trinajstić information content (AvgIpc) is 2.72. The fourth-order valence-electron chi connectivity index (χ4n) is 2.99. The lowest BCUT2D eigenvalue weighted by Crippen LogP contribution is -2.23. The van der Waals surface area contributed by atoms with Crippen molar-refractivity contribution < 1.29 is 19.1 Å². The van der Waals surface area contributed by atoms with Gasteiger partial charge in [-0.15, -0.1) is 0 Å². The van der Waals surface area contributed by atoms with Gasteiger partial charge in [-0.1, -0.05) is 22.4 Å². The van der Waals surface area contributed by atoms with E-state index in [1.807, 2.05) is 0 Å². The summed E-state index contributed by atoms with van der Waals surface area (Å²) in [6, 6.07) is 7.56. The van der Waals surface area contributed by atoms with Crippen LogP contribution < -0.4 is 15.2 Å². The lowest BCUT2D eigenvalue weighted by molar-refractivity contribution is 0.0972. The van der Waals surface area contributed by atoms with Crippen molar-refractivity contribution in [1.82, 2.24) is 0 Å². The highest BCUT2D eigenvalue weighted by atomic mass is 16.5. The number of azide groups is 2. The van der Waals surface area contributed by atoms with Crippen LogP contribution in [0.1, 0.15) is 31.8 Å². The molecule has 0 aromatic heterocycles. The number of nitrogens with two attached hydrogens (primary N) is 1. The molecule has 146 valence electrons. The number of hydrogen-bond acceptors (Lipinski definition) is 7. The van der Waals surface area contributed by atoms with Gasteiger partial charge in [-0.25, -0.2) is 0 Å². The third-order valence-corrected chi connectivity index (χ3v) is 4.12. The van der Waals surface area contributed by atoms with E-state index in [0.717, 1.165) is 0 Å². The maximum Gasteiger partial charge on any atom is 0.201 e. The molecule has 2 aromatic rings. The summed E-state index contributed by atoms with van der Waals surface area (Å²) in [6.45, 7) is 0.181. The summed E-state index contributed by atoms with van der Waals surface area (Å²) in [6.07, 6.45) is 0. The van der Waals surface area contributed by atoms with Crippen LogP contribution in [0.15, 0.2) is 40.6 Å². The molecular weight excluding hydrogens is 378 g/mol. The van der Waals surface area contributed by atoms with Crippen LogP contribution in [0, 0.1) is 0 Å². The zero-order chi connectivity index (χ0) is 20.8. The fourth-order valence-corrected chi connectivity index (χ4v) is 2.99. The Labute approximate surface area is 164 Å². The first-order valence-corrected chi connectivity index (χ1v) is 8.51. The molecule has 0 radical (unpaired) electrons. The van der Waals surface area contributed by atoms with Crippen molar-refractivity contribution in [3.05, 3.63) is 73.5 Å². The molecule has 0 saturated carbocycles. The molecule has 0 unspecified atom stereocenters. The summed E-state index contributed by atoms with van der Waals surface area (Å²) in [7, 11) is 0. The Morgan fingerprint density at radius 1 is 0.862 bits per heavy atom. The van der Waals surface area contributed by atoms with Crippen molar-refractivity contribution >= 4 is 17.3 Å². The molecule has 29 heavy (non-hydrogen) atoms. The zero-order valence-corrected chi connectivity index (χ0v) is 15.1. The minimum atomic E-state index is -0.451. The number of carbonyl (C=O) groups excluding carboxylic acids is 2. The fraction of sp³-hybridized carbons (Fsp3) is 0.222. The Balaban J connectivity index is 2.02. The molecule has 1 aliphatic carbocycles. The van der Waals surface area contributed by atoms with E-state index in [1.165, 1.54) is 18.2 Å². The molecule has 11 heteroatoms. The van der Waals surface area contributed by atoms with E-state index in [9.17, 15) is 9.59 Å². The SMILES string of the molecule is [N-]=[N+]=NCCOc1cccc2c1C(=O)c1c(OCCN=[N+]=[N-])cc(N)cc1C2=O. The van der Waals surface area contributed by atoms with E-state index < -0.39 is 5.78 Å². The maximum absolute atomic E-state index is 13.3. The largest absolute Gasteiger partial charge is 0.493 e. The number of anilines is 1.